The molecular weight excluding hydrogens is 257 g/mol. The predicted octanol–water partition coefficient (Wildman–Crippen LogP) is 2.60. The highest BCUT2D eigenvalue weighted by molar-refractivity contribution is 5.81. The van der Waals surface area contributed by atoms with Gasteiger partial charge in [0.05, 0.1) is 12.6 Å². The Labute approximate surface area is 119 Å². The second kappa shape index (κ2) is 6.38. The first-order valence-corrected chi connectivity index (χ1v) is 6.51. The van der Waals surface area contributed by atoms with E-state index in [-0.39, 0.29) is 24.2 Å². The van der Waals surface area contributed by atoms with Crippen LogP contribution in [-0.2, 0) is 4.79 Å². The Bertz CT molecular complexity index is 536. The Balaban J connectivity index is 2.60. The van der Waals surface area contributed by atoms with Crippen LogP contribution in [0.15, 0.2) is 18.2 Å². The van der Waals surface area contributed by atoms with Gasteiger partial charge < -0.3 is 10.6 Å². The van der Waals surface area contributed by atoms with Gasteiger partial charge in [0.2, 0.25) is 5.91 Å². The van der Waals surface area contributed by atoms with Crippen LogP contribution in [0.25, 0.3) is 0 Å². The molecule has 0 fully saturated rings. The van der Waals surface area contributed by atoms with Gasteiger partial charge in [0, 0.05) is 5.69 Å². The molecule has 0 saturated carbocycles. The molecule has 1 rings (SSSR count). The first-order chi connectivity index (χ1) is 9.28. The first-order valence-electron chi connectivity index (χ1n) is 6.51. The fraction of sp³-hybridized carbons (Fsp3) is 0.467. The fourth-order valence-corrected chi connectivity index (χ4v) is 1.52. The Hall–Kier alpha value is -2.09. The summed E-state index contributed by atoms with van der Waals surface area (Å²) >= 11 is 0. The summed E-state index contributed by atoms with van der Waals surface area (Å²) in [6, 6.07) is 6.79. The van der Waals surface area contributed by atoms with Crippen LogP contribution in [0, 0.1) is 30.0 Å². The molecule has 4 nitrogen and oxygen atoms in total. The van der Waals surface area contributed by atoms with Gasteiger partial charge in [-0.2, -0.15) is 5.26 Å². The number of nitrogens with one attached hydrogen (secondary N) is 2. The van der Waals surface area contributed by atoms with Crippen molar-refractivity contribution < 1.29 is 9.18 Å². The van der Waals surface area contributed by atoms with Gasteiger partial charge in [-0.3, -0.25) is 4.79 Å². The molecule has 1 unspecified atom stereocenters. The van der Waals surface area contributed by atoms with E-state index >= 15 is 0 Å². The van der Waals surface area contributed by atoms with Crippen LogP contribution >= 0.6 is 0 Å². The lowest BCUT2D eigenvalue weighted by Crippen LogP contribution is -2.50. The third kappa shape index (κ3) is 3.95. The largest absolute Gasteiger partial charge is 0.376 e. The minimum Gasteiger partial charge on any atom is -0.376 e. The van der Waals surface area contributed by atoms with E-state index in [0.29, 0.717) is 11.3 Å². The van der Waals surface area contributed by atoms with Crippen molar-refractivity contribution in [2.45, 2.75) is 33.2 Å². The van der Waals surface area contributed by atoms with Gasteiger partial charge in [0.15, 0.2) is 0 Å². The third-order valence-corrected chi connectivity index (χ3v) is 3.41. The lowest BCUT2D eigenvalue weighted by molar-refractivity contribution is -0.121. The van der Waals surface area contributed by atoms with Crippen molar-refractivity contribution in [2.24, 2.45) is 5.92 Å². The topological polar surface area (TPSA) is 64.9 Å². The van der Waals surface area contributed by atoms with Crippen molar-refractivity contribution in [3.8, 4) is 6.07 Å². The molecule has 0 radical (unpaired) electrons. The Morgan fingerprint density at radius 3 is 2.65 bits per heavy atom. The summed E-state index contributed by atoms with van der Waals surface area (Å²) in [7, 11) is 0. The zero-order chi connectivity index (χ0) is 15.3. The lowest BCUT2D eigenvalue weighted by Gasteiger charge is -2.27. The highest BCUT2D eigenvalue weighted by Crippen LogP contribution is 2.15. The number of nitriles is 1. The van der Waals surface area contributed by atoms with E-state index in [0.717, 1.165) is 0 Å². The molecule has 20 heavy (non-hydrogen) atoms. The SMILES string of the molecule is Cc1ccc(NCC(=O)NC(C)(C#N)C(C)C)cc1F. The molecule has 0 aliphatic carbocycles. The van der Waals surface area contributed by atoms with Crippen LogP contribution < -0.4 is 10.6 Å². The van der Waals surface area contributed by atoms with Gasteiger partial charge in [0.1, 0.15) is 11.4 Å². The number of hydrogen-bond donors (Lipinski definition) is 2. The van der Waals surface area contributed by atoms with Gasteiger partial charge in [-0.1, -0.05) is 19.9 Å². The minimum absolute atomic E-state index is 0.00623. The maximum atomic E-state index is 13.4. The molecule has 1 aromatic carbocycles. The van der Waals surface area contributed by atoms with E-state index < -0.39 is 5.54 Å². The average Bonchev–Trinajstić information content (AvgIpc) is 2.39. The molecule has 0 aliphatic rings. The zero-order valence-corrected chi connectivity index (χ0v) is 12.2. The van der Waals surface area contributed by atoms with E-state index in [9.17, 15) is 9.18 Å². The number of benzene rings is 1. The van der Waals surface area contributed by atoms with Crippen molar-refractivity contribution in [3.63, 3.8) is 0 Å². The van der Waals surface area contributed by atoms with Crippen LogP contribution in [0.4, 0.5) is 10.1 Å². The Kier molecular flexibility index (Phi) is 5.09. The first kappa shape index (κ1) is 16.0. The quantitative estimate of drug-likeness (QED) is 0.869. The molecule has 1 amide bonds. The number of nitrogens with zero attached hydrogens (tertiary/aromatic N) is 1. The molecule has 1 aromatic rings. The summed E-state index contributed by atoms with van der Waals surface area (Å²) in [5, 5.41) is 14.6. The molecule has 0 heterocycles. The van der Waals surface area contributed by atoms with E-state index in [2.05, 4.69) is 16.7 Å². The summed E-state index contributed by atoms with van der Waals surface area (Å²) in [6.45, 7) is 7.08. The van der Waals surface area contributed by atoms with E-state index in [4.69, 9.17) is 5.26 Å². The lowest BCUT2D eigenvalue weighted by atomic mass is 9.90. The van der Waals surface area contributed by atoms with Crippen LogP contribution in [0.2, 0.25) is 0 Å². The maximum Gasteiger partial charge on any atom is 0.240 e. The summed E-state index contributed by atoms with van der Waals surface area (Å²) in [5.41, 5.74) is 0.181. The monoisotopic (exact) mass is 277 g/mol. The molecule has 5 heteroatoms. The van der Waals surface area contributed by atoms with Gasteiger partial charge in [-0.05, 0) is 37.5 Å². The standard InChI is InChI=1S/C15H20FN3O/c1-10(2)15(4,9-17)19-14(20)8-18-12-6-5-11(3)13(16)7-12/h5-7,10,18H,8H2,1-4H3,(H,19,20). The van der Waals surface area contributed by atoms with Gasteiger partial charge >= 0.3 is 0 Å². The maximum absolute atomic E-state index is 13.4. The molecule has 0 aromatic heterocycles. The second-order valence-corrected chi connectivity index (χ2v) is 5.33. The number of hydrogen-bond acceptors (Lipinski definition) is 3. The van der Waals surface area contributed by atoms with Crippen LogP contribution in [0.3, 0.4) is 0 Å². The number of anilines is 1. The second-order valence-electron chi connectivity index (χ2n) is 5.33. The molecule has 1 atom stereocenters. The smallest absolute Gasteiger partial charge is 0.240 e. The van der Waals surface area contributed by atoms with Crippen molar-refractivity contribution in [1.29, 1.82) is 5.26 Å². The van der Waals surface area contributed by atoms with E-state index in [1.165, 1.54) is 6.07 Å². The fourth-order valence-electron chi connectivity index (χ4n) is 1.52. The number of aryl methyl sites for hydroxylation is 1. The van der Waals surface area contributed by atoms with Crippen molar-refractivity contribution >= 4 is 11.6 Å². The Morgan fingerprint density at radius 1 is 1.50 bits per heavy atom. The minimum atomic E-state index is -0.905. The predicted molar refractivity (Wildman–Crippen MR) is 76.6 cm³/mol. The number of halogens is 1. The third-order valence-electron chi connectivity index (χ3n) is 3.41. The Morgan fingerprint density at radius 2 is 2.15 bits per heavy atom. The van der Waals surface area contributed by atoms with Gasteiger partial charge in [0.25, 0.3) is 0 Å². The molecule has 0 saturated heterocycles. The van der Waals surface area contributed by atoms with Crippen molar-refractivity contribution in [2.75, 3.05) is 11.9 Å². The molecule has 0 spiro atoms. The van der Waals surface area contributed by atoms with Gasteiger partial charge in [-0.25, -0.2) is 4.39 Å². The molecular formula is C15H20FN3O. The summed E-state index contributed by atoms with van der Waals surface area (Å²) in [5.74, 6) is -0.628. The van der Waals surface area contributed by atoms with Gasteiger partial charge in [-0.15, -0.1) is 0 Å². The van der Waals surface area contributed by atoms with Crippen LogP contribution in [0.5, 0.6) is 0 Å². The van der Waals surface area contributed by atoms with E-state index in [1.807, 2.05) is 13.8 Å². The van der Waals surface area contributed by atoms with Crippen LogP contribution in [-0.4, -0.2) is 18.0 Å². The van der Waals surface area contributed by atoms with Crippen LogP contribution in [0.1, 0.15) is 26.3 Å². The molecule has 0 bridgehead atoms. The zero-order valence-electron chi connectivity index (χ0n) is 12.2. The highest BCUT2D eigenvalue weighted by atomic mass is 19.1. The summed E-state index contributed by atoms with van der Waals surface area (Å²) < 4.78 is 13.4. The number of amides is 1. The number of carbonyl (C=O) groups is 1. The molecule has 108 valence electrons. The molecule has 0 aliphatic heterocycles. The van der Waals surface area contributed by atoms with Crippen molar-refractivity contribution in [1.82, 2.24) is 5.32 Å². The molecule has 2 N–H and O–H groups in total. The van der Waals surface area contributed by atoms with Crippen molar-refractivity contribution in [3.05, 3.63) is 29.6 Å². The number of rotatable bonds is 5. The summed E-state index contributed by atoms with van der Waals surface area (Å²) in [4.78, 5) is 11.8. The average molecular weight is 277 g/mol. The summed E-state index contributed by atoms with van der Waals surface area (Å²) in [6.07, 6.45) is 0. The van der Waals surface area contributed by atoms with E-state index in [1.54, 1.807) is 26.0 Å². The highest BCUT2D eigenvalue weighted by Gasteiger charge is 2.29. The normalized spacial score (nSPS) is 13.4. The number of carbonyl (C=O) groups excluding carboxylic acids is 1.